The van der Waals surface area contributed by atoms with Crippen LogP contribution in [0.15, 0.2) is 18.3 Å². The molecule has 3 nitrogen and oxygen atoms in total. The van der Waals surface area contributed by atoms with Gasteiger partial charge in [0.15, 0.2) is 0 Å². The molecule has 0 aliphatic heterocycles. The number of nitrogens with zero attached hydrogens (tertiary/aromatic N) is 2. The van der Waals surface area contributed by atoms with E-state index in [1.165, 1.54) is 0 Å². The van der Waals surface area contributed by atoms with Crippen LogP contribution in [-0.2, 0) is 0 Å². The van der Waals surface area contributed by atoms with Crippen LogP contribution >= 0.6 is 0 Å². The van der Waals surface area contributed by atoms with Gasteiger partial charge in [-0.1, -0.05) is 6.92 Å². The Morgan fingerprint density at radius 3 is 2.67 bits per heavy atom. The van der Waals surface area contributed by atoms with Gasteiger partial charge in [-0.15, -0.1) is 0 Å². The highest BCUT2D eigenvalue weighted by Gasteiger charge is 2.12. The molecule has 0 bridgehead atoms. The van der Waals surface area contributed by atoms with Crippen LogP contribution in [0, 0.1) is 0 Å². The molecule has 0 aromatic carbocycles. The zero-order valence-corrected chi connectivity index (χ0v) is 7.78. The van der Waals surface area contributed by atoms with E-state index in [1.807, 2.05) is 19.2 Å². The van der Waals surface area contributed by atoms with Crippen LogP contribution in [0.3, 0.4) is 0 Å². The molecule has 1 rings (SSSR count). The van der Waals surface area contributed by atoms with E-state index in [1.54, 1.807) is 6.20 Å². The monoisotopic (exact) mass is 165 g/mol. The van der Waals surface area contributed by atoms with Crippen molar-refractivity contribution in [1.82, 2.24) is 15.5 Å². The SMILES string of the molecule is CNC(C)C(C)c1cccnn1. The third kappa shape index (κ3) is 2.01. The number of hydrogen-bond donors (Lipinski definition) is 1. The maximum Gasteiger partial charge on any atom is 0.0674 e. The van der Waals surface area contributed by atoms with Crippen molar-refractivity contribution in [2.45, 2.75) is 25.8 Å². The topological polar surface area (TPSA) is 37.8 Å². The van der Waals surface area contributed by atoms with Crippen molar-refractivity contribution < 1.29 is 0 Å². The van der Waals surface area contributed by atoms with E-state index in [2.05, 4.69) is 29.4 Å². The number of aromatic nitrogens is 2. The predicted molar refractivity (Wildman–Crippen MR) is 49.0 cm³/mol. The summed E-state index contributed by atoms with van der Waals surface area (Å²) in [5.74, 6) is 0.406. The Morgan fingerprint density at radius 1 is 1.42 bits per heavy atom. The first kappa shape index (κ1) is 9.13. The smallest absolute Gasteiger partial charge is 0.0674 e. The maximum atomic E-state index is 4.06. The Labute approximate surface area is 73.2 Å². The van der Waals surface area contributed by atoms with E-state index >= 15 is 0 Å². The van der Waals surface area contributed by atoms with Crippen molar-refractivity contribution >= 4 is 0 Å². The third-order valence-corrected chi connectivity index (χ3v) is 2.26. The molecule has 2 unspecified atom stereocenters. The summed E-state index contributed by atoms with van der Waals surface area (Å²) in [6, 6.07) is 4.36. The molecular weight excluding hydrogens is 150 g/mol. The molecule has 0 aliphatic rings. The van der Waals surface area contributed by atoms with Crippen molar-refractivity contribution in [2.24, 2.45) is 0 Å². The standard InChI is InChI=1S/C9H15N3/c1-7(8(2)10-3)9-5-4-6-11-12-9/h4-8,10H,1-3H3. The van der Waals surface area contributed by atoms with Gasteiger partial charge in [-0.25, -0.2) is 0 Å². The number of likely N-dealkylation sites (N-methyl/N-ethyl adjacent to an activating group) is 1. The summed E-state index contributed by atoms with van der Waals surface area (Å²) in [7, 11) is 1.96. The van der Waals surface area contributed by atoms with E-state index in [0.717, 1.165) is 5.69 Å². The van der Waals surface area contributed by atoms with E-state index in [0.29, 0.717) is 12.0 Å². The lowest BCUT2D eigenvalue weighted by molar-refractivity contribution is 0.511. The minimum Gasteiger partial charge on any atom is -0.317 e. The number of nitrogens with one attached hydrogen (secondary N) is 1. The summed E-state index contributed by atoms with van der Waals surface area (Å²) in [4.78, 5) is 0. The van der Waals surface area contributed by atoms with Crippen molar-refractivity contribution in [1.29, 1.82) is 0 Å². The minimum atomic E-state index is 0.406. The lowest BCUT2D eigenvalue weighted by Gasteiger charge is -2.17. The van der Waals surface area contributed by atoms with Crippen molar-refractivity contribution in [2.75, 3.05) is 7.05 Å². The van der Waals surface area contributed by atoms with Gasteiger partial charge in [-0.3, -0.25) is 0 Å². The predicted octanol–water partition coefficient (Wildman–Crippen LogP) is 1.19. The molecule has 0 aliphatic carbocycles. The third-order valence-electron chi connectivity index (χ3n) is 2.26. The number of rotatable bonds is 3. The molecule has 1 aromatic heterocycles. The van der Waals surface area contributed by atoms with E-state index in [9.17, 15) is 0 Å². The van der Waals surface area contributed by atoms with Crippen molar-refractivity contribution in [3.05, 3.63) is 24.0 Å². The first-order valence-corrected chi connectivity index (χ1v) is 4.20. The first-order valence-electron chi connectivity index (χ1n) is 4.20. The summed E-state index contributed by atoms with van der Waals surface area (Å²) < 4.78 is 0. The number of hydrogen-bond acceptors (Lipinski definition) is 3. The fourth-order valence-electron chi connectivity index (χ4n) is 1.06. The zero-order chi connectivity index (χ0) is 8.97. The molecule has 0 saturated heterocycles. The minimum absolute atomic E-state index is 0.406. The molecule has 12 heavy (non-hydrogen) atoms. The van der Waals surface area contributed by atoms with Crippen molar-refractivity contribution in [3.63, 3.8) is 0 Å². The normalized spacial score (nSPS) is 15.6. The largest absolute Gasteiger partial charge is 0.317 e. The fraction of sp³-hybridized carbons (Fsp3) is 0.556. The van der Waals surface area contributed by atoms with Gasteiger partial charge in [0.1, 0.15) is 0 Å². The molecule has 2 atom stereocenters. The maximum absolute atomic E-state index is 4.06. The zero-order valence-electron chi connectivity index (χ0n) is 7.78. The molecule has 1 aromatic rings. The highest BCUT2D eigenvalue weighted by atomic mass is 15.1. The van der Waals surface area contributed by atoms with Crippen LogP contribution in [0.25, 0.3) is 0 Å². The molecule has 1 heterocycles. The molecule has 3 heteroatoms. The first-order chi connectivity index (χ1) is 5.75. The van der Waals surface area contributed by atoms with Crippen LogP contribution in [0.2, 0.25) is 0 Å². The highest BCUT2D eigenvalue weighted by molar-refractivity contribution is 5.07. The molecule has 0 fully saturated rings. The summed E-state index contributed by atoms with van der Waals surface area (Å²) in [5, 5.41) is 11.1. The fourth-order valence-corrected chi connectivity index (χ4v) is 1.06. The van der Waals surface area contributed by atoms with Crippen molar-refractivity contribution in [3.8, 4) is 0 Å². The van der Waals surface area contributed by atoms with Gasteiger partial charge >= 0.3 is 0 Å². The second-order valence-electron chi connectivity index (χ2n) is 3.01. The van der Waals surface area contributed by atoms with E-state index in [-0.39, 0.29) is 0 Å². The Morgan fingerprint density at radius 2 is 2.17 bits per heavy atom. The highest BCUT2D eigenvalue weighted by Crippen LogP contribution is 2.14. The molecule has 66 valence electrons. The van der Waals surface area contributed by atoms with Gasteiger partial charge in [0, 0.05) is 18.2 Å². The molecule has 0 saturated carbocycles. The van der Waals surface area contributed by atoms with Gasteiger partial charge in [-0.05, 0) is 26.1 Å². The summed E-state index contributed by atoms with van der Waals surface area (Å²) >= 11 is 0. The second kappa shape index (κ2) is 4.16. The Bertz CT molecular complexity index is 222. The van der Waals surface area contributed by atoms with Gasteiger partial charge in [0.2, 0.25) is 0 Å². The average molecular weight is 165 g/mol. The van der Waals surface area contributed by atoms with Crippen LogP contribution in [0.5, 0.6) is 0 Å². The summed E-state index contributed by atoms with van der Waals surface area (Å²) in [6.07, 6.45) is 1.69. The van der Waals surface area contributed by atoms with Gasteiger partial charge in [0.25, 0.3) is 0 Å². The van der Waals surface area contributed by atoms with Crippen LogP contribution < -0.4 is 5.32 Å². The summed E-state index contributed by atoms with van der Waals surface area (Å²) in [5.41, 5.74) is 1.04. The van der Waals surface area contributed by atoms with Gasteiger partial charge < -0.3 is 5.32 Å². The Kier molecular flexibility index (Phi) is 3.17. The molecule has 0 amide bonds. The quantitative estimate of drug-likeness (QED) is 0.731. The van der Waals surface area contributed by atoms with Crippen LogP contribution in [0.4, 0.5) is 0 Å². The Balaban J connectivity index is 2.71. The molecular formula is C9H15N3. The summed E-state index contributed by atoms with van der Waals surface area (Å²) in [6.45, 7) is 4.28. The van der Waals surface area contributed by atoms with E-state index < -0.39 is 0 Å². The molecule has 0 spiro atoms. The van der Waals surface area contributed by atoms with Crippen LogP contribution in [-0.4, -0.2) is 23.3 Å². The molecule has 1 N–H and O–H groups in total. The lowest BCUT2D eigenvalue weighted by atomic mass is 10.00. The average Bonchev–Trinajstić information content (AvgIpc) is 2.17. The van der Waals surface area contributed by atoms with Crippen LogP contribution in [0.1, 0.15) is 25.5 Å². The van der Waals surface area contributed by atoms with Gasteiger partial charge in [0.05, 0.1) is 5.69 Å². The molecule has 0 radical (unpaired) electrons. The lowest BCUT2D eigenvalue weighted by Crippen LogP contribution is -2.27. The Hall–Kier alpha value is -0.960. The van der Waals surface area contributed by atoms with E-state index in [4.69, 9.17) is 0 Å². The second-order valence-corrected chi connectivity index (χ2v) is 3.01. The van der Waals surface area contributed by atoms with Gasteiger partial charge in [-0.2, -0.15) is 10.2 Å².